The second-order valence-corrected chi connectivity index (χ2v) is 9.66. The zero-order chi connectivity index (χ0) is 26.9. The van der Waals surface area contributed by atoms with Gasteiger partial charge in [-0.1, -0.05) is 78.4 Å². The Kier molecular flexibility index (Phi) is 6.17. The summed E-state index contributed by atoms with van der Waals surface area (Å²) in [4.78, 5) is 39.2. The van der Waals surface area contributed by atoms with E-state index in [1.165, 1.54) is 16.3 Å². The quantitative estimate of drug-likeness (QED) is 0.226. The van der Waals surface area contributed by atoms with Crippen LogP contribution < -0.4 is 10.6 Å². The fourth-order valence-corrected chi connectivity index (χ4v) is 4.99. The number of rotatable bonds is 6. The van der Waals surface area contributed by atoms with Gasteiger partial charge in [-0.05, 0) is 47.5 Å². The molecule has 5 aromatic rings. The molecule has 0 radical (unpaired) electrons. The van der Waals surface area contributed by atoms with Crippen LogP contribution in [0.15, 0.2) is 103 Å². The molecule has 0 spiro atoms. The molecule has 0 aliphatic carbocycles. The van der Waals surface area contributed by atoms with Crippen LogP contribution in [0.4, 0.5) is 10.5 Å². The van der Waals surface area contributed by atoms with E-state index in [-0.39, 0.29) is 12.2 Å². The number of aryl methyl sites for hydroxylation is 1. The van der Waals surface area contributed by atoms with E-state index in [9.17, 15) is 14.4 Å². The first-order valence-corrected chi connectivity index (χ1v) is 12.7. The monoisotopic (exact) mass is 514 g/mol. The molecule has 0 atom stereocenters. The van der Waals surface area contributed by atoms with Crippen molar-refractivity contribution in [1.29, 1.82) is 0 Å². The highest BCUT2D eigenvalue weighted by Gasteiger charge is 2.35. The van der Waals surface area contributed by atoms with Gasteiger partial charge in [-0.3, -0.25) is 9.59 Å². The number of carbonyl (C=O) groups excluding carboxylic acids is 3. The Morgan fingerprint density at radius 3 is 2.41 bits per heavy atom. The molecule has 0 bridgehead atoms. The normalized spacial score (nSPS) is 14.4. The Balaban J connectivity index is 1.26. The molecule has 4 amide bonds. The average Bonchev–Trinajstić information content (AvgIpc) is 3.42. The van der Waals surface area contributed by atoms with E-state index in [4.69, 9.17) is 0 Å². The van der Waals surface area contributed by atoms with E-state index >= 15 is 0 Å². The Bertz CT molecular complexity index is 1780. The standard InChI is InChI=1S/C32H26N4O3/c1-21-13-15-25(16-14-21)33-30(37)20-36-31(38)28(34-32(36)39)17-24-19-35(29-12-5-4-11-27(24)29)18-23-9-6-8-22-7-2-3-10-26(22)23/h2-17,19H,18,20H2,1H3,(H,33,37)(H,34,39)/b28-17+. The zero-order valence-corrected chi connectivity index (χ0v) is 21.3. The van der Waals surface area contributed by atoms with Crippen molar-refractivity contribution in [3.8, 4) is 0 Å². The SMILES string of the molecule is Cc1ccc(NC(=O)CN2C(=O)N/C(=C/c3cn(Cc4cccc5ccccc45)c4ccccc34)C2=O)cc1. The first kappa shape index (κ1) is 24.2. The smallest absolute Gasteiger partial charge is 0.329 e. The van der Waals surface area contributed by atoms with Crippen LogP contribution in [0.5, 0.6) is 0 Å². The van der Waals surface area contributed by atoms with Gasteiger partial charge in [-0.15, -0.1) is 0 Å². The van der Waals surface area contributed by atoms with Crippen LogP contribution in [-0.4, -0.2) is 33.9 Å². The first-order chi connectivity index (χ1) is 19.0. The van der Waals surface area contributed by atoms with Crippen LogP contribution in [-0.2, 0) is 16.1 Å². The highest BCUT2D eigenvalue weighted by Crippen LogP contribution is 2.27. The predicted molar refractivity (Wildman–Crippen MR) is 153 cm³/mol. The van der Waals surface area contributed by atoms with Gasteiger partial charge in [0.25, 0.3) is 5.91 Å². The number of para-hydroxylation sites is 1. The van der Waals surface area contributed by atoms with Crippen LogP contribution in [0.2, 0.25) is 0 Å². The van der Waals surface area contributed by atoms with Crippen molar-refractivity contribution in [2.45, 2.75) is 13.5 Å². The van der Waals surface area contributed by atoms with Gasteiger partial charge in [0.05, 0.1) is 0 Å². The number of aromatic nitrogens is 1. The van der Waals surface area contributed by atoms with Crippen molar-refractivity contribution in [3.63, 3.8) is 0 Å². The summed E-state index contributed by atoms with van der Waals surface area (Å²) in [5, 5.41) is 8.70. The maximum absolute atomic E-state index is 13.1. The second kappa shape index (κ2) is 9.95. The van der Waals surface area contributed by atoms with Gasteiger partial charge in [-0.25, -0.2) is 9.69 Å². The third kappa shape index (κ3) is 4.78. The Morgan fingerprint density at radius 2 is 1.59 bits per heavy atom. The maximum Gasteiger partial charge on any atom is 0.329 e. The van der Waals surface area contributed by atoms with Gasteiger partial charge < -0.3 is 15.2 Å². The number of urea groups is 1. The Labute approximate surface area is 225 Å². The van der Waals surface area contributed by atoms with E-state index in [1.54, 1.807) is 18.2 Å². The molecule has 39 heavy (non-hydrogen) atoms. The predicted octanol–water partition coefficient (Wildman–Crippen LogP) is 5.68. The summed E-state index contributed by atoms with van der Waals surface area (Å²) >= 11 is 0. The third-order valence-electron chi connectivity index (χ3n) is 6.94. The summed E-state index contributed by atoms with van der Waals surface area (Å²) in [6.45, 7) is 2.23. The third-order valence-corrected chi connectivity index (χ3v) is 6.94. The molecular weight excluding hydrogens is 488 g/mol. The molecule has 6 rings (SSSR count). The molecule has 2 N–H and O–H groups in total. The van der Waals surface area contributed by atoms with Gasteiger partial charge in [0.2, 0.25) is 5.91 Å². The largest absolute Gasteiger partial charge is 0.342 e. The summed E-state index contributed by atoms with van der Waals surface area (Å²) in [6, 6.07) is 29.2. The zero-order valence-electron chi connectivity index (χ0n) is 21.3. The number of hydrogen-bond donors (Lipinski definition) is 2. The summed E-state index contributed by atoms with van der Waals surface area (Å²) in [7, 11) is 0. The number of nitrogens with one attached hydrogen (secondary N) is 2. The average molecular weight is 515 g/mol. The maximum atomic E-state index is 13.1. The number of hydrogen-bond acceptors (Lipinski definition) is 3. The van der Waals surface area contributed by atoms with Crippen LogP contribution in [0.1, 0.15) is 16.7 Å². The highest BCUT2D eigenvalue weighted by molar-refractivity contribution is 6.16. The van der Waals surface area contributed by atoms with Crippen molar-refractivity contribution in [2.24, 2.45) is 0 Å². The van der Waals surface area contributed by atoms with E-state index < -0.39 is 17.8 Å². The molecule has 1 aromatic heterocycles. The molecule has 2 heterocycles. The molecule has 0 saturated carbocycles. The highest BCUT2D eigenvalue weighted by atomic mass is 16.2. The second-order valence-electron chi connectivity index (χ2n) is 9.66. The number of imide groups is 1. The molecule has 4 aromatic carbocycles. The number of nitrogens with zero attached hydrogens (tertiary/aromatic N) is 2. The Morgan fingerprint density at radius 1 is 0.872 bits per heavy atom. The van der Waals surface area contributed by atoms with Crippen molar-refractivity contribution in [2.75, 3.05) is 11.9 Å². The number of benzene rings is 4. The minimum absolute atomic E-state index is 0.135. The lowest BCUT2D eigenvalue weighted by Crippen LogP contribution is -2.38. The van der Waals surface area contributed by atoms with Crippen LogP contribution in [0, 0.1) is 6.92 Å². The molecule has 1 saturated heterocycles. The van der Waals surface area contributed by atoms with Gasteiger partial charge in [0, 0.05) is 34.9 Å². The summed E-state index contributed by atoms with van der Waals surface area (Å²) < 4.78 is 2.15. The number of fused-ring (bicyclic) bond motifs is 2. The van der Waals surface area contributed by atoms with Crippen molar-refractivity contribution < 1.29 is 14.4 Å². The number of amides is 4. The minimum Gasteiger partial charge on any atom is -0.342 e. The van der Waals surface area contributed by atoms with Crippen LogP contribution >= 0.6 is 0 Å². The van der Waals surface area contributed by atoms with Crippen molar-refractivity contribution >= 4 is 51.3 Å². The topological polar surface area (TPSA) is 83.4 Å². The van der Waals surface area contributed by atoms with Gasteiger partial charge in [0.15, 0.2) is 0 Å². The summed E-state index contributed by atoms with van der Waals surface area (Å²) in [5.41, 5.74) is 4.81. The lowest BCUT2D eigenvalue weighted by molar-refractivity contribution is -0.127. The van der Waals surface area contributed by atoms with Gasteiger partial charge in [-0.2, -0.15) is 0 Å². The van der Waals surface area contributed by atoms with Crippen LogP contribution in [0.25, 0.3) is 27.8 Å². The molecule has 1 aliphatic rings. The molecule has 1 fully saturated rings. The van der Waals surface area contributed by atoms with Gasteiger partial charge in [0.1, 0.15) is 12.2 Å². The van der Waals surface area contributed by atoms with E-state index in [1.807, 2.05) is 61.7 Å². The van der Waals surface area contributed by atoms with Crippen molar-refractivity contribution in [3.05, 3.63) is 120 Å². The van der Waals surface area contributed by atoms with E-state index in [2.05, 4.69) is 45.5 Å². The molecule has 192 valence electrons. The summed E-state index contributed by atoms with van der Waals surface area (Å²) in [6.07, 6.45) is 3.67. The lowest BCUT2D eigenvalue weighted by atomic mass is 10.0. The molecule has 0 unspecified atom stereocenters. The number of carbonyl (C=O) groups is 3. The van der Waals surface area contributed by atoms with E-state index in [0.29, 0.717) is 12.2 Å². The molecular formula is C32H26N4O3. The Hall–Kier alpha value is -5.17. The number of anilines is 1. The van der Waals surface area contributed by atoms with Gasteiger partial charge >= 0.3 is 6.03 Å². The van der Waals surface area contributed by atoms with E-state index in [0.717, 1.165) is 26.9 Å². The first-order valence-electron chi connectivity index (χ1n) is 12.7. The van der Waals surface area contributed by atoms with Crippen LogP contribution in [0.3, 0.4) is 0 Å². The lowest BCUT2D eigenvalue weighted by Gasteiger charge is -2.12. The summed E-state index contributed by atoms with van der Waals surface area (Å²) in [5.74, 6) is -0.986. The fraction of sp³-hybridized carbons (Fsp3) is 0.0938. The molecule has 7 nitrogen and oxygen atoms in total. The fourth-order valence-electron chi connectivity index (χ4n) is 4.99. The minimum atomic E-state index is -0.621. The molecule has 1 aliphatic heterocycles. The van der Waals surface area contributed by atoms with Crippen molar-refractivity contribution in [1.82, 2.24) is 14.8 Å². The molecule has 7 heteroatoms.